The van der Waals surface area contributed by atoms with E-state index in [9.17, 15) is 0 Å². The fourth-order valence-electron chi connectivity index (χ4n) is 1.71. The van der Waals surface area contributed by atoms with Gasteiger partial charge in [-0.05, 0) is 19.0 Å². The number of aromatic nitrogens is 1. The van der Waals surface area contributed by atoms with E-state index in [4.69, 9.17) is 33.0 Å². The van der Waals surface area contributed by atoms with Gasteiger partial charge in [0.05, 0.1) is 15.7 Å². The Labute approximate surface area is 156 Å². The molecule has 0 aliphatic rings. The van der Waals surface area contributed by atoms with Gasteiger partial charge in [0.2, 0.25) is 0 Å². The number of halogens is 2. The van der Waals surface area contributed by atoms with Gasteiger partial charge in [0.1, 0.15) is 5.82 Å². The summed E-state index contributed by atoms with van der Waals surface area (Å²) < 4.78 is 0. The van der Waals surface area contributed by atoms with Crippen LogP contribution in [-0.2, 0) is 29.3 Å². The normalized spacial score (nSPS) is 11.3. The summed E-state index contributed by atoms with van der Waals surface area (Å²) in [6.45, 7) is 12.8. The second-order valence-corrected chi connectivity index (χ2v) is 8.98. The zero-order chi connectivity index (χ0) is 17.3. The van der Waals surface area contributed by atoms with Crippen LogP contribution in [0.1, 0.15) is 40.3 Å². The van der Waals surface area contributed by atoms with Crippen molar-refractivity contribution in [2.24, 2.45) is 0 Å². The molecule has 0 N–H and O–H groups in total. The van der Waals surface area contributed by atoms with Crippen LogP contribution in [-0.4, -0.2) is 28.1 Å². The van der Waals surface area contributed by atoms with Gasteiger partial charge in [-0.3, -0.25) is 0 Å². The molecule has 127 valence electrons. The average Bonchev–Trinajstić information content (AvgIpc) is 2.42. The van der Waals surface area contributed by atoms with Gasteiger partial charge in [0, 0.05) is 25.3 Å². The van der Waals surface area contributed by atoms with E-state index >= 15 is 0 Å². The Hall–Kier alpha value is 0.253. The van der Waals surface area contributed by atoms with Crippen molar-refractivity contribution in [1.29, 1.82) is 0 Å². The molecule has 0 aliphatic carbocycles. The summed E-state index contributed by atoms with van der Waals surface area (Å²) in [5.41, 5.74) is 0.921. The molecule has 0 saturated heterocycles. The Morgan fingerprint density at radius 2 is 1.82 bits per heavy atom. The van der Waals surface area contributed by atoms with Gasteiger partial charge in [-0.2, -0.15) is 0 Å². The zero-order valence-electron chi connectivity index (χ0n) is 13.7. The second kappa shape index (κ2) is 10.9. The monoisotopic (exact) mass is 451 g/mol. The van der Waals surface area contributed by atoms with Gasteiger partial charge >= 0.3 is 28.0 Å². The van der Waals surface area contributed by atoms with E-state index in [1.807, 2.05) is 24.4 Å². The summed E-state index contributed by atoms with van der Waals surface area (Å²) in [6, 6.07) is 1.86. The van der Waals surface area contributed by atoms with Gasteiger partial charge in [0.25, 0.3) is 0 Å². The van der Waals surface area contributed by atoms with Crippen molar-refractivity contribution >= 4 is 42.5 Å². The number of carbonyl (C=O) groups excluding carboxylic acids is 1. The van der Waals surface area contributed by atoms with Crippen molar-refractivity contribution < 1.29 is 23.1 Å². The third-order valence-corrected chi connectivity index (χ3v) is 5.23. The quantitative estimate of drug-likeness (QED) is 0.362. The molecule has 7 heteroatoms. The molecule has 0 amide bonds. The molecule has 0 spiro atoms. The molecular weight excluding hydrogens is 427 g/mol. The molecule has 3 nitrogen and oxygen atoms in total. The van der Waals surface area contributed by atoms with E-state index in [0.717, 1.165) is 39.3 Å². The zero-order valence-corrected chi connectivity index (χ0v) is 17.9. The van der Waals surface area contributed by atoms with Gasteiger partial charge in [-0.1, -0.05) is 44.0 Å². The van der Waals surface area contributed by atoms with E-state index in [-0.39, 0.29) is 0 Å². The molecule has 22 heavy (non-hydrogen) atoms. The topological polar surface area (TPSA) is 33.2 Å². The molecule has 1 rings (SSSR count). The number of carbonyl (C=O) groups is 1. The first-order valence-electron chi connectivity index (χ1n) is 7.07. The van der Waals surface area contributed by atoms with Crippen LogP contribution in [0.5, 0.6) is 0 Å². The molecule has 0 bridgehead atoms. The molecule has 0 aromatic carbocycles. The van der Waals surface area contributed by atoms with Crippen molar-refractivity contribution in [1.82, 2.24) is 4.98 Å². The van der Waals surface area contributed by atoms with Gasteiger partial charge < -0.3 is 4.90 Å². The summed E-state index contributed by atoms with van der Waals surface area (Å²) >= 11 is 14.3. The maximum atomic E-state index is 8.77. The van der Waals surface area contributed by atoms with Crippen molar-refractivity contribution in [2.45, 2.75) is 45.9 Å². The summed E-state index contributed by atoms with van der Waals surface area (Å²) in [5, 5.41) is 1.50. The van der Waals surface area contributed by atoms with Crippen molar-refractivity contribution in [3.05, 3.63) is 21.8 Å². The van der Waals surface area contributed by atoms with Crippen molar-refractivity contribution in [3.63, 3.8) is 0 Å². The number of pyridine rings is 1. The van der Waals surface area contributed by atoms with Gasteiger partial charge in [0.15, 0.2) is 0 Å². The summed E-state index contributed by atoms with van der Waals surface area (Å²) in [7, 11) is 0.779. The summed E-state index contributed by atoms with van der Waals surface area (Å²) in [6.07, 6.45) is 0.886. The number of hydrogen-bond acceptors (Lipinski definition) is 3. The van der Waals surface area contributed by atoms with Gasteiger partial charge in [-0.15, -0.1) is 8.58 Å². The average molecular weight is 451 g/mol. The molecule has 1 unspecified atom stereocenters. The summed E-state index contributed by atoms with van der Waals surface area (Å²) in [4.78, 5) is 16.3. The minimum absolute atomic E-state index is 0.294. The van der Waals surface area contributed by atoms with E-state index in [1.54, 1.807) is 0 Å². The third-order valence-electron chi connectivity index (χ3n) is 2.84. The molecule has 0 saturated carbocycles. The van der Waals surface area contributed by atoms with Gasteiger partial charge in [-0.25, -0.2) is 4.98 Å². The molecular formula is C15H24Cl2N2OPRu. The van der Waals surface area contributed by atoms with Crippen LogP contribution in [0.25, 0.3) is 0 Å². The Morgan fingerprint density at radius 1 is 1.32 bits per heavy atom. The predicted molar refractivity (Wildman–Crippen MR) is 96.3 cm³/mol. The molecule has 1 aromatic heterocycles. The Kier molecular flexibility index (Phi) is 11.0. The first-order chi connectivity index (χ1) is 10.2. The fourth-order valence-corrected chi connectivity index (χ4v) is 3.15. The second-order valence-electron chi connectivity index (χ2n) is 5.58. The van der Waals surface area contributed by atoms with Crippen LogP contribution in [0.4, 0.5) is 5.82 Å². The molecule has 0 fully saturated rings. The fraction of sp³-hybridized carbons (Fsp3) is 0.600. The van der Waals surface area contributed by atoms with Crippen molar-refractivity contribution in [3.8, 4) is 0 Å². The SMILES string of the molecule is CCN(CC)c1cc(Cl)c(Cl)c(CPC(C)(C)C)n1.O=[CH][Ru]. The van der Waals surface area contributed by atoms with E-state index in [0.29, 0.717) is 20.1 Å². The number of rotatable bonds is 5. The Morgan fingerprint density at radius 3 is 2.23 bits per heavy atom. The van der Waals surface area contributed by atoms with Crippen LogP contribution in [0.15, 0.2) is 6.07 Å². The molecule has 1 atom stereocenters. The van der Waals surface area contributed by atoms with E-state index in [1.165, 1.54) is 0 Å². The van der Waals surface area contributed by atoms with E-state index < -0.39 is 0 Å². The van der Waals surface area contributed by atoms with Crippen LogP contribution in [0.3, 0.4) is 0 Å². The van der Waals surface area contributed by atoms with Crippen LogP contribution < -0.4 is 4.90 Å². The van der Waals surface area contributed by atoms with Crippen LogP contribution in [0, 0.1) is 0 Å². The molecule has 0 aliphatic heterocycles. The number of nitrogens with zero attached hydrogens (tertiary/aromatic N) is 2. The van der Waals surface area contributed by atoms with Crippen LogP contribution in [0.2, 0.25) is 10.0 Å². The third kappa shape index (κ3) is 8.20. The molecule has 1 heterocycles. The number of anilines is 1. The molecule has 1 aromatic rings. The Balaban J connectivity index is 0.00000135. The predicted octanol–water partition coefficient (Wildman–Crippen LogP) is 4.94. The number of hydrogen-bond donors (Lipinski definition) is 0. The van der Waals surface area contributed by atoms with E-state index in [2.05, 4.69) is 39.5 Å². The molecule has 0 radical (unpaired) electrons. The maximum absolute atomic E-state index is 8.77. The first-order valence-corrected chi connectivity index (χ1v) is 10.0. The first kappa shape index (κ1) is 22.3. The Bertz CT molecular complexity index is 477. The van der Waals surface area contributed by atoms with Crippen LogP contribution >= 0.6 is 31.8 Å². The standard InChI is InChI=1S/C14H23Cl2N2P.CHO.Ru/c1-6-18(7-2)12-8-10(15)13(16)11(17-12)9-19-14(3,4)5;1-2;/h8,19H,6-7,9H2,1-5H3;1H;. The summed E-state index contributed by atoms with van der Waals surface area (Å²) in [5.74, 6) is 0.924. The van der Waals surface area contributed by atoms with Crippen molar-refractivity contribution in [2.75, 3.05) is 18.0 Å². The minimum atomic E-state index is 0.294.